The van der Waals surface area contributed by atoms with Crippen LogP contribution in [0.2, 0.25) is 0 Å². The molecule has 0 N–H and O–H groups in total. The predicted molar refractivity (Wildman–Crippen MR) is 112 cm³/mol. The quantitative estimate of drug-likeness (QED) is 0.445. The Morgan fingerprint density at radius 1 is 1.06 bits per heavy atom. The van der Waals surface area contributed by atoms with Gasteiger partial charge < -0.3 is 19.2 Å². The molecule has 2 aromatic rings. The Kier molecular flexibility index (Phi) is 8.10. The van der Waals surface area contributed by atoms with Crippen LogP contribution in [0.3, 0.4) is 0 Å². The summed E-state index contributed by atoms with van der Waals surface area (Å²) >= 11 is 0. The van der Waals surface area contributed by atoms with Crippen molar-refractivity contribution in [1.82, 2.24) is 4.90 Å². The highest BCUT2D eigenvalue weighted by Gasteiger charge is 2.29. The molecule has 1 amide bonds. The van der Waals surface area contributed by atoms with Crippen LogP contribution in [0.4, 0.5) is 13.2 Å². The minimum atomic E-state index is -4.36. The summed E-state index contributed by atoms with van der Waals surface area (Å²) in [5.74, 6) is 0.487. The molecular weight excluding hydrogens is 425 g/mol. The first-order chi connectivity index (χ1) is 15.4. The summed E-state index contributed by atoms with van der Waals surface area (Å²) in [7, 11) is 0. The predicted octanol–water partition coefficient (Wildman–Crippen LogP) is 4.27. The van der Waals surface area contributed by atoms with Crippen LogP contribution in [0.15, 0.2) is 53.7 Å². The number of halogens is 3. The smallest absolute Gasteiger partial charge is 0.416 e. The van der Waals surface area contributed by atoms with Crippen LogP contribution in [0.25, 0.3) is 0 Å². The van der Waals surface area contributed by atoms with Crippen molar-refractivity contribution in [3.05, 3.63) is 65.2 Å². The van der Waals surface area contributed by atoms with Crippen molar-refractivity contribution >= 4 is 11.6 Å². The summed E-state index contributed by atoms with van der Waals surface area (Å²) in [6, 6.07) is 11.9. The largest absolute Gasteiger partial charge is 0.484 e. The van der Waals surface area contributed by atoms with Gasteiger partial charge >= 0.3 is 6.18 Å². The van der Waals surface area contributed by atoms with Crippen LogP contribution >= 0.6 is 0 Å². The first-order valence-corrected chi connectivity index (χ1v) is 10.3. The molecule has 1 saturated heterocycles. The molecule has 2 aromatic carbocycles. The number of ether oxygens (including phenoxy) is 2. The molecule has 3 rings (SSSR count). The van der Waals surface area contributed by atoms with E-state index in [2.05, 4.69) is 5.16 Å². The van der Waals surface area contributed by atoms with E-state index in [0.717, 1.165) is 17.7 Å². The Morgan fingerprint density at radius 3 is 2.31 bits per heavy atom. The number of morpholine rings is 1. The maximum absolute atomic E-state index is 12.6. The Hall–Kier alpha value is -3.07. The second-order valence-electron chi connectivity index (χ2n) is 7.17. The second kappa shape index (κ2) is 11.0. The number of hydrogen-bond acceptors (Lipinski definition) is 5. The highest BCUT2D eigenvalue weighted by atomic mass is 19.4. The molecule has 172 valence electrons. The number of oxime groups is 1. The average molecular weight is 450 g/mol. The van der Waals surface area contributed by atoms with Crippen LogP contribution in [-0.2, 0) is 27.2 Å². The normalized spacial score (nSPS) is 14.9. The average Bonchev–Trinajstić information content (AvgIpc) is 2.81. The fourth-order valence-electron chi connectivity index (χ4n) is 3.09. The summed E-state index contributed by atoms with van der Waals surface area (Å²) in [5.41, 5.74) is 1.40. The third kappa shape index (κ3) is 6.71. The summed E-state index contributed by atoms with van der Waals surface area (Å²) in [5, 5.41) is 4.12. The van der Waals surface area contributed by atoms with Gasteiger partial charge in [-0.1, -0.05) is 24.2 Å². The zero-order valence-electron chi connectivity index (χ0n) is 17.7. The Balaban J connectivity index is 1.51. The third-order valence-electron chi connectivity index (χ3n) is 4.94. The number of amides is 1. The number of carbonyl (C=O) groups is 1. The molecule has 9 heteroatoms. The summed E-state index contributed by atoms with van der Waals surface area (Å²) < 4.78 is 48.7. The first-order valence-electron chi connectivity index (χ1n) is 10.3. The van der Waals surface area contributed by atoms with E-state index in [0.29, 0.717) is 49.7 Å². The van der Waals surface area contributed by atoms with Crippen LogP contribution < -0.4 is 4.74 Å². The SMILES string of the molecule is CCC(=NOCc1ccc(C(F)(F)F)cc1)c1ccc(OCC(=O)N2CCOCC2)cc1. The Bertz CT molecular complexity index is 906. The molecule has 1 fully saturated rings. The highest BCUT2D eigenvalue weighted by Crippen LogP contribution is 2.29. The summed E-state index contributed by atoms with van der Waals surface area (Å²) in [6.45, 7) is 4.18. The molecule has 0 atom stereocenters. The van der Waals surface area contributed by atoms with Crippen LogP contribution in [-0.4, -0.2) is 49.4 Å². The van der Waals surface area contributed by atoms with Crippen molar-refractivity contribution in [3.63, 3.8) is 0 Å². The Morgan fingerprint density at radius 2 is 1.72 bits per heavy atom. The summed E-state index contributed by atoms with van der Waals surface area (Å²) in [4.78, 5) is 19.2. The van der Waals surface area contributed by atoms with Gasteiger partial charge in [0.1, 0.15) is 12.4 Å². The molecule has 0 saturated carbocycles. The van der Waals surface area contributed by atoms with Gasteiger partial charge in [-0.05, 0) is 53.9 Å². The van der Waals surface area contributed by atoms with E-state index in [4.69, 9.17) is 14.3 Å². The molecule has 32 heavy (non-hydrogen) atoms. The molecular formula is C23H25F3N2O4. The van der Waals surface area contributed by atoms with Gasteiger partial charge in [0.25, 0.3) is 5.91 Å². The molecule has 1 heterocycles. The molecule has 0 unspecified atom stereocenters. The number of rotatable bonds is 8. The molecule has 0 aliphatic carbocycles. The fourth-order valence-corrected chi connectivity index (χ4v) is 3.09. The van der Waals surface area contributed by atoms with Crippen molar-refractivity contribution in [2.45, 2.75) is 26.1 Å². The van der Waals surface area contributed by atoms with Gasteiger partial charge in [-0.3, -0.25) is 4.79 Å². The van der Waals surface area contributed by atoms with Crippen molar-refractivity contribution < 1.29 is 32.3 Å². The molecule has 1 aliphatic heterocycles. The molecule has 0 spiro atoms. The van der Waals surface area contributed by atoms with E-state index in [1.54, 1.807) is 17.0 Å². The van der Waals surface area contributed by atoms with Gasteiger partial charge in [0.15, 0.2) is 6.61 Å². The maximum Gasteiger partial charge on any atom is 0.416 e. The molecule has 0 bridgehead atoms. The van der Waals surface area contributed by atoms with Crippen molar-refractivity contribution in [1.29, 1.82) is 0 Å². The van der Waals surface area contributed by atoms with E-state index >= 15 is 0 Å². The van der Waals surface area contributed by atoms with E-state index in [1.807, 2.05) is 19.1 Å². The van der Waals surface area contributed by atoms with Crippen LogP contribution in [0, 0.1) is 0 Å². The molecule has 1 aliphatic rings. The monoisotopic (exact) mass is 450 g/mol. The lowest BCUT2D eigenvalue weighted by Gasteiger charge is -2.26. The van der Waals surface area contributed by atoms with Gasteiger partial charge in [0.05, 0.1) is 24.5 Å². The van der Waals surface area contributed by atoms with Gasteiger partial charge in [0, 0.05) is 13.1 Å². The second-order valence-corrected chi connectivity index (χ2v) is 7.17. The number of benzene rings is 2. The lowest BCUT2D eigenvalue weighted by molar-refractivity contribution is -0.138. The lowest BCUT2D eigenvalue weighted by Crippen LogP contribution is -2.42. The lowest BCUT2D eigenvalue weighted by atomic mass is 10.1. The van der Waals surface area contributed by atoms with Crippen molar-refractivity contribution in [3.8, 4) is 5.75 Å². The highest BCUT2D eigenvalue weighted by molar-refractivity contribution is 6.00. The van der Waals surface area contributed by atoms with E-state index in [9.17, 15) is 18.0 Å². The minimum Gasteiger partial charge on any atom is -0.484 e. The maximum atomic E-state index is 12.6. The van der Waals surface area contributed by atoms with Crippen molar-refractivity contribution in [2.24, 2.45) is 5.16 Å². The van der Waals surface area contributed by atoms with Gasteiger partial charge in [0.2, 0.25) is 0 Å². The van der Waals surface area contributed by atoms with E-state index < -0.39 is 11.7 Å². The zero-order chi connectivity index (χ0) is 23.0. The molecule has 6 nitrogen and oxygen atoms in total. The van der Waals surface area contributed by atoms with Crippen LogP contribution in [0.5, 0.6) is 5.75 Å². The number of hydrogen-bond donors (Lipinski definition) is 0. The summed E-state index contributed by atoms with van der Waals surface area (Å²) in [6.07, 6.45) is -3.76. The van der Waals surface area contributed by atoms with Gasteiger partial charge in [-0.15, -0.1) is 0 Å². The van der Waals surface area contributed by atoms with Gasteiger partial charge in [-0.25, -0.2) is 0 Å². The van der Waals surface area contributed by atoms with Crippen LogP contribution in [0.1, 0.15) is 30.0 Å². The molecule has 0 aromatic heterocycles. The Labute approximate surface area is 184 Å². The third-order valence-corrected chi connectivity index (χ3v) is 4.94. The number of nitrogens with zero attached hydrogens (tertiary/aromatic N) is 2. The minimum absolute atomic E-state index is 0.0374. The first kappa shape index (κ1) is 23.6. The standard InChI is InChI=1S/C23H25F3N2O4/c1-2-21(27-32-15-17-3-7-19(8-4-17)23(24,25)26)18-5-9-20(10-6-18)31-16-22(29)28-11-13-30-14-12-28/h3-10H,2,11-16H2,1H3. The van der Waals surface area contributed by atoms with E-state index in [1.165, 1.54) is 12.1 Å². The van der Waals surface area contributed by atoms with E-state index in [-0.39, 0.29) is 19.1 Å². The molecule has 0 radical (unpaired) electrons. The van der Waals surface area contributed by atoms with Gasteiger partial charge in [-0.2, -0.15) is 13.2 Å². The number of alkyl halides is 3. The number of carbonyl (C=O) groups excluding carboxylic acids is 1. The topological polar surface area (TPSA) is 60.4 Å². The zero-order valence-corrected chi connectivity index (χ0v) is 17.7. The van der Waals surface area contributed by atoms with Crippen molar-refractivity contribution in [2.75, 3.05) is 32.9 Å². The fraction of sp³-hybridized carbons (Fsp3) is 0.391.